The number of carbonyl (C=O) groups is 1. The van der Waals surface area contributed by atoms with Crippen molar-refractivity contribution in [1.82, 2.24) is 9.88 Å². The van der Waals surface area contributed by atoms with Gasteiger partial charge in [-0.05, 0) is 24.3 Å². The molecule has 2 heterocycles. The van der Waals surface area contributed by atoms with Gasteiger partial charge in [-0.15, -0.1) is 0 Å². The van der Waals surface area contributed by atoms with Crippen molar-refractivity contribution in [3.05, 3.63) is 51.6 Å². The standard InChI is InChI=1S/C15H12Cl3N3O2/c16-9-1-4-14(19-6-9)23-11-7-21(8-11)15(22)20-10-2-3-12(17)13(18)5-10/h1-6,11H,7-8H2,(H,20,22). The van der Waals surface area contributed by atoms with Crippen LogP contribution in [0.15, 0.2) is 36.5 Å². The van der Waals surface area contributed by atoms with E-state index in [1.807, 2.05) is 0 Å². The number of amides is 2. The van der Waals surface area contributed by atoms with Crippen LogP contribution in [-0.4, -0.2) is 35.1 Å². The molecule has 0 atom stereocenters. The van der Waals surface area contributed by atoms with Gasteiger partial charge < -0.3 is 15.0 Å². The first kappa shape index (κ1) is 16.2. The molecule has 1 saturated heterocycles. The van der Waals surface area contributed by atoms with Crippen molar-refractivity contribution in [3.63, 3.8) is 0 Å². The smallest absolute Gasteiger partial charge is 0.322 e. The number of hydrogen-bond acceptors (Lipinski definition) is 3. The number of nitrogens with zero attached hydrogens (tertiary/aromatic N) is 2. The molecule has 1 aliphatic rings. The number of rotatable bonds is 3. The van der Waals surface area contributed by atoms with Gasteiger partial charge in [-0.2, -0.15) is 0 Å². The quantitative estimate of drug-likeness (QED) is 0.872. The summed E-state index contributed by atoms with van der Waals surface area (Å²) in [4.78, 5) is 17.8. The predicted molar refractivity (Wildman–Crippen MR) is 90.7 cm³/mol. The van der Waals surface area contributed by atoms with Crippen LogP contribution in [0.2, 0.25) is 15.1 Å². The molecule has 0 bridgehead atoms. The number of nitrogens with one attached hydrogen (secondary N) is 1. The minimum absolute atomic E-state index is 0.0803. The van der Waals surface area contributed by atoms with E-state index in [1.54, 1.807) is 35.2 Å². The van der Waals surface area contributed by atoms with Crippen molar-refractivity contribution in [2.75, 3.05) is 18.4 Å². The number of carbonyl (C=O) groups excluding carboxylic acids is 1. The van der Waals surface area contributed by atoms with Crippen molar-refractivity contribution in [2.45, 2.75) is 6.10 Å². The molecule has 1 N–H and O–H groups in total. The molecule has 120 valence electrons. The lowest BCUT2D eigenvalue weighted by molar-refractivity contribution is 0.0461. The van der Waals surface area contributed by atoms with Crippen LogP contribution in [0.25, 0.3) is 0 Å². The first-order chi connectivity index (χ1) is 11.0. The third kappa shape index (κ3) is 3.99. The molecule has 5 nitrogen and oxygen atoms in total. The Bertz CT molecular complexity index is 718. The van der Waals surface area contributed by atoms with Gasteiger partial charge in [0.15, 0.2) is 0 Å². The van der Waals surface area contributed by atoms with Crippen molar-refractivity contribution in [1.29, 1.82) is 0 Å². The average molecular weight is 373 g/mol. The fraction of sp³-hybridized carbons (Fsp3) is 0.200. The summed E-state index contributed by atoms with van der Waals surface area (Å²) in [5.41, 5.74) is 0.591. The Labute approximate surface area is 148 Å². The fourth-order valence-electron chi connectivity index (χ4n) is 2.06. The van der Waals surface area contributed by atoms with Crippen LogP contribution in [-0.2, 0) is 0 Å². The van der Waals surface area contributed by atoms with E-state index in [0.717, 1.165) is 0 Å². The molecule has 1 fully saturated rings. The molecule has 0 saturated carbocycles. The van der Waals surface area contributed by atoms with Gasteiger partial charge in [-0.25, -0.2) is 9.78 Å². The summed E-state index contributed by atoms with van der Waals surface area (Å²) in [6, 6.07) is 8.11. The summed E-state index contributed by atoms with van der Waals surface area (Å²) < 4.78 is 5.64. The Morgan fingerprint density at radius 2 is 1.96 bits per heavy atom. The Morgan fingerprint density at radius 3 is 2.61 bits per heavy atom. The number of benzene rings is 1. The second kappa shape index (κ2) is 6.83. The van der Waals surface area contributed by atoms with E-state index in [2.05, 4.69) is 10.3 Å². The average Bonchev–Trinajstić information content (AvgIpc) is 2.48. The lowest BCUT2D eigenvalue weighted by Crippen LogP contribution is -2.57. The first-order valence-electron chi connectivity index (χ1n) is 6.80. The Morgan fingerprint density at radius 1 is 1.17 bits per heavy atom. The zero-order valence-corrected chi connectivity index (χ0v) is 14.1. The molecule has 1 aromatic carbocycles. The second-order valence-corrected chi connectivity index (χ2v) is 6.27. The van der Waals surface area contributed by atoms with Crippen molar-refractivity contribution in [2.24, 2.45) is 0 Å². The molecular weight excluding hydrogens is 361 g/mol. The van der Waals surface area contributed by atoms with E-state index in [1.165, 1.54) is 6.20 Å². The zero-order valence-electron chi connectivity index (χ0n) is 11.8. The highest BCUT2D eigenvalue weighted by molar-refractivity contribution is 6.42. The Balaban J connectivity index is 1.49. The molecule has 2 aromatic rings. The number of hydrogen-bond donors (Lipinski definition) is 1. The highest BCUT2D eigenvalue weighted by atomic mass is 35.5. The van der Waals surface area contributed by atoms with Crippen LogP contribution >= 0.6 is 34.8 Å². The topological polar surface area (TPSA) is 54.5 Å². The van der Waals surface area contributed by atoms with Crippen LogP contribution in [0.1, 0.15) is 0 Å². The fourth-order valence-corrected chi connectivity index (χ4v) is 2.47. The zero-order chi connectivity index (χ0) is 16.4. The Kier molecular flexibility index (Phi) is 4.80. The predicted octanol–water partition coefficient (Wildman–Crippen LogP) is 4.34. The highest BCUT2D eigenvalue weighted by Crippen LogP contribution is 2.25. The molecular formula is C15H12Cl3N3O2. The maximum Gasteiger partial charge on any atom is 0.322 e. The van der Waals surface area contributed by atoms with Crippen LogP contribution < -0.4 is 10.1 Å². The van der Waals surface area contributed by atoms with Crippen LogP contribution in [0.5, 0.6) is 5.88 Å². The van der Waals surface area contributed by atoms with E-state index in [9.17, 15) is 4.79 Å². The third-order valence-corrected chi connectivity index (χ3v) is 4.26. The van der Waals surface area contributed by atoms with Crippen molar-refractivity contribution < 1.29 is 9.53 Å². The molecule has 0 unspecified atom stereocenters. The molecule has 23 heavy (non-hydrogen) atoms. The molecule has 0 radical (unpaired) electrons. The normalized spacial score (nSPS) is 14.3. The van der Waals surface area contributed by atoms with E-state index in [0.29, 0.717) is 39.7 Å². The molecule has 8 heteroatoms. The summed E-state index contributed by atoms with van der Waals surface area (Å²) >= 11 is 17.5. The number of halogens is 3. The van der Waals surface area contributed by atoms with Gasteiger partial charge in [-0.1, -0.05) is 34.8 Å². The summed E-state index contributed by atoms with van der Waals surface area (Å²) in [5.74, 6) is 0.490. The first-order valence-corrected chi connectivity index (χ1v) is 7.94. The minimum atomic E-state index is -0.215. The Hall–Kier alpha value is -1.69. The van der Waals surface area contributed by atoms with Gasteiger partial charge >= 0.3 is 6.03 Å². The molecule has 2 amide bonds. The number of urea groups is 1. The number of ether oxygens (including phenoxy) is 1. The number of aromatic nitrogens is 1. The largest absolute Gasteiger partial charge is 0.471 e. The van der Waals surface area contributed by atoms with E-state index in [-0.39, 0.29) is 12.1 Å². The minimum Gasteiger partial charge on any atom is -0.471 e. The number of pyridine rings is 1. The third-order valence-electron chi connectivity index (χ3n) is 3.29. The number of anilines is 1. The van der Waals surface area contributed by atoms with E-state index >= 15 is 0 Å². The highest BCUT2D eigenvalue weighted by Gasteiger charge is 2.32. The van der Waals surface area contributed by atoms with Gasteiger partial charge in [0.2, 0.25) is 5.88 Å². The summed E-state index contributed by atoms with van der Waals surface area (Å²) in [7, 11) is 0. The van der Waals surface area contributed by atoms with Crippen molar-refractivity contribution >= 4 is 46.5 Å². The van der Waals surface area contributed by atoms with Gasteiger partial charge in [0.05, 0.1) is 28.2 Å². The second-order valence-electron chi connectivity index (χ2n) is 5.02. The molecule has 1 aliphatic heterocycles. The van der Waals surface area contributed by atoms with Gasteiger partial charge in [0.1, 0.15) is 6.10 Å². The van der Waals surface area contributed by atoms with Crippen LogP contribution in [0, 0.1) is 0 Å². The van der Waals surface area contributed by atoms with Crippen LogP contribution in [0.3, 0.4) is 0 Å². The van der Waals surface area contributed by atoms with Gasteiger partial charge in [0.25, 0.3) is 0 Å². The molecule has 0 spiro atoms. The molecule has 0 aliphatic carbocycles. The summed E-state index contributed by atoms with van der Waals surface area (Å²) in [6.45, 7) is 0.967. The molecule has 3 rings (SSSR count). The maximum atomic E-state index is 12.1. The van der Waals surface area contributed by atoms with Crippen LogP contribution in [0.4, 0.5) is 10.5 Å². The summed E-state index contributed by atoms with van der Waals surface area (Å²) in [6.07, 6.45) is 1.44. The SMILES string of the molecule is O=C(Nc1ccc(Cl)c(Cl)c1)N1CC(Oc2ccc(Cl)cn2)C1. The summed E-state index contributed by atoms with van der Waals surface area (Å²) in [5, 5.41) is 4.14. The number of likely N-dealkylation sites (tertiary alicyclic amines) is 1. The monoisotopic (exact) mass is 371 g/mol. The van der Waals surface area contributed by atoms with Gasteiger partial charge in [-0.3, -0.25) is 0 Å². The van der Waals surface area contributed by atoms with E-state index in [4.69, 9.17) is 39.5 Å². The van der Waals surface area contributed by atoms with Gasteiger partial charge in [0, 0.05) is 18.0 Å². The van der Waals surface area contributed by atoms with E-state index < -0.39 is 0 Å². The maximum absolute atomic E-state index is 12.1. The van der Waals surface area contributed by atoms with Crippen molar-refractivity contribution in [3.8, 4) is 5.88 Å². The lowest BCUT2D eigenvalue weighted by atomic mass is 10.2. The molecule has 1 aromatic heterocycles. The lowest BCUT2D eigenvalue weighted by Gasteiger charge is -2.38.